The monoisotopic (exact) mass is 425 g/mol. The van der Waals surface area contributed by atoms with Gasteiger partial charge in [0.05, 0.1) is 28.2 Å². The van der Waals surface area contributed by atoms with E-state index in [4.69, 9.17) is 0 Å². The van der Waals surface area contributed by atoms with Crippen molar-refractivity contribution in [1.82, 2.24) is 9.97 Å². The lowest BCUT2D eigenvalue weighted by atomic mass is 10.2. The number of aromatic nitrogens is 2. The molecule has 0 aliphatic heterocycles. The number of hydrogen-bond donors (Lipinski definition) is 3. The van der Waals surface area contributed by atoms with Gasteiger partial charge in [0.15, 0.2) is 0 Å². The largest absolute Gasteiger partial charge is 0.465 e. The number of anilines is 4. The zero-order chi connectivity index (χ0) is 22.4. The molecule has 3 N–H and O–H groups in total. The molecule has 1 aromatic heterocycles. The standard InChI is InChI=1S/C18H15N7O6/c1-31-18(26)11-2-4-12(5-3-11)21-16-15(25(29)30)17(20-10-19-16)23-22-13-6-8-14(9-7-13)24(27)28/h2-10,22H,1H3,(H2,19,20,21,23). The Balaban J connectivity index is 1.79. The van der Waals surface area contributed by atoms with Crippen LogP contribution in [-0.4, -0.2) is 32.9 Å². The van der Waals surface area contributed by atoms with Gasteiger partial charge in [-0.25, -0.2) is 14.8 Å². The van der Waals surface area contributed by atoms with Crippen molar-refractivity contribution in [1.29, 1.82) is 0 Å². The van der Waals surface area contributed by atoms with E-state index in [0.29, 0.717) is 16.9 Å². The average molecular weight is 425 g/mol. The molecule has 0 unspecified atom stereocenters. The maximum atomic E-state index is 11.6. The van der Waals surface area contributed by atoms with E-state index < -0.39 is 21.5 Å². The van der Waals surface area contributed by atoms with Gasteiger partial charge in [-0.3, -0.25) is 31.1 Å². The molecular formula is C18H15N7O6. The third kappa shape index (κ3) is 4.97. The summed E-state index contributed by atoms with van der Waals surface area (Å²) in [6.45, 7) is 0. The summed E-state index contributed by atoms with van der Waals surface area (Å²) in [4.78, 5) is 40.4. The number of nitro groups is 2. The van der Waals surface area contributed by atoms with Crippen molar-refractivity contribution in [3.63, 3.8) is 0 Å². The quantitative estimate of drug-likeness (QED) is 0.274. The van der Waals surface area contributed by atoms with Crippen LogP contribution in [0.25, 0.3) is 0 Å². The average Bonchev–Trinajstić information content (AvgIpc) is 2.77. The van der Waals surface area contributed by atoms with Crippen LogP contribution >= 0.6 is 0 Å². The van der Waals surface area contributed by atoms with Crippen molar-refractivity contribution in [3.05, 3.63) is 80.7 Å². The van der Waals surface area contributed by atoms with Crippen LogP contribution in [0.3, 0.4) is 0 Å². The van der Waals surface area contributed by atoms with Crippen LogP contribution in [0.15, 0.2) is 54.9 Å². The highest BCUT2D eigenvalue weighted by Crippen LogP contribution is 2.31. The van der Waals surface area contributed by atoms with E-state index in [0.717, 1.165) is 6.33 Å². The normalized spacial score (nSPS) is 10.1. The maximum absolute atomic E-state index is 11.6. The van der Waals surface area contributed by atoms with Crippen LogP contribution in [0, 0.1) is 20.2 Å². The number of non-ortho nitro benzene ring substituents is 1. The Kier molecular flexibility index (Phi) is 6.16. The smallest absolute Gasteiger partial charge is 0.355 e. The van der Waals surface area contributed by atoms with E-state index in [1.165, 1.54) is 43.5 Å². The van der Waals surface area contributed by atoms with Crippen LogP contribution in [0.2, 0.25) is 0 Å². The number of hydrazine groups is 1. The van der Waals surface area contributed by atoms with Gasteiger partial charge < -0.3 is 10.1 Å². The molecule has 0 aliphatic rings. The predicted octanol–water partition coefficient (Wildman–Crippen LogP) is 3.26. The number of methoxy groups -OCH3 is 1. The summed E-state index contributed by atoms with van der Waals surface area (Å²) < 4.78 is 4.62. The summed E-state index contributed by atoms with van der Waals surface area (Å²) >= 11 is 0. The van der Waals surface area contributed by atoms with Gasteiger partial charge in [-0.2, -0.15) is 0 Å². The Hall–Kier alpha value is -4.81. The summed E-state index contributed by atoms with van der Waals surface area (Å²) in [5, 5.41) is 25.2. The van der Waals surface area contributed by atoms with Crippen LogP contribution < -0.4 is 16.2 Å². The molecule has 3 rings (SSSR count). The molecule has 0 saturated heterocycles. The van der Waals surface area contributed by atoms with E-state index >= 15 is 0 Å². The fourth-order valence-corrected chi connectivity index (χ4v) is 2.48. The molecule has 0 amide bonds. The van der Waals surface area contributed by atoms with Gasteiger partial charge in [0.2, 0.25) is 11.6 Å². The maximum Gasteiger partial charge on any atom is 0.355 e. The molecule has 0 aliphatic carbocycles. The molecule has 0 atom stereocenters. The number of nitro benzene ring substituents is 1. The number of hydrogen-bond acceptors (Lipinski definition) is 11. The second-order valence-electron chi connectivity index (χ2n) is 5.92. The molecule has 0 spiro atoms. The molecule has 0 bridgehead atoms. The van der Waals surface area contributed by atoms with Gasteiger partial charge in [-0.1, -0.05) is 0 Å². The zero-order valence-corrected chi connectivity index (χ0v) is 15.9. The fraction of sp³-hybridized carbons (Fsp3) is 0.0556. The van der Waals surface area contributed by atoms with Crippen LogP contribution in [-0.2, 0) is 4.74 Å². The number of benzene rings is 2. The van der Waals surface area contributed by atoms with E-state index in [1.807, 2.05) is 0 Å². The Labute approximate surface area is 174 Å². The molecule has 158 valence electrons. The highest BCUT2D eigenvalue weighted by atomic mass is 16.6. The first-order valence-corrected chi connectivity index (χ1v) is 8.60. The van der Waals surface area contributed by atoms with E-state index in [9.17, 15) is 25.0 Å². The van der Waals surface area contributed by atoms with Gasteiger partial charge in [0.25, 0.3) is 5.69 Å². The van der Waals surface area contributed by atoms with Gasteiger partial charge in [0.1, 0.15) is 6.33 Å². The van der Waals surface area contributed by atoms with Crippen molar-refractivity contribution in [2.75, 3.05) is 23.3 Å². The van der Waals surface area contributed by atoms with E-state index in [2.05, 4.69) is 30.9 Å². The SMILES string of the molecule is COC(=O)c1ccc(Nc2ncnc(NNc3ccc([N+](=O)[O-])cc3)c2[N+](=O)[O-])cc1. The van der Waals surface area contributed by atoms with Crippen molar-refractivity contribution in [2.45, 2.75) is 0 Å². The van der Waals surface area contributed by atoms with Crippen molar-refractivity contribution >= 4 is 40.4 Å². The number of nitrogens with zero attached hydrogens (tertiary/aromatic N) is 4. The second-order valence-corrected chi connectivity index (χ2v) is 5.92. The van der Waals surface area contributed by atoms with Gasteiger partial charge in [-0.15, -0.1) is 0 Å². The Morgan fingerprint density at radius 3 is 2.06 bits per heavy atom. The topological polar surface area (TPSA) is 174 Å². The Morgan fingerprint density at radius 2 is 1.48 bits per heavy atom. The number of carbonyl (C=O) groups excluding carboxylic acids is 1. The first-order chi connectivity index (χ1) is 14.9. The van der Waals surface area contributed by atoms with Gasteiger partial charge >= 0.3 is 11.7 Å². The lowest BCUT2D eigenvalue weighted by Crippen LogP contribution is -2.13. The van der Waals surface area contributed by atoms with Gasteiger partial charge in [-0.05, 0) is 36.4 Å². The molecule has 1 heterocycles. The zero-order valence-electron chi connectivity index (χ0n) is 15.9. The number of esters is 1. The Morgan fingerprint density at radius 1 is 0.871 bits per heavy atom. The number of carbonyl (C=O) groups is 1. The first kappa shape index (κ1) is 20.9. The van der Waals surface area contributed by atoms with Crippen molar-refractivity contribution in [3.8, 4) is 0 Å². The highest BCUT2D eigenvalue weighted by Gasteiger charge is 2.23. The number of rotatable bonds is 8. The molecule has 2 aromatic carbocycles. The predicted molar refractivity (Wildman–Crippen MR) is 110 cm³/mol. The minimum atomic E-state index is -0.662. The van der Waals surface area contributed by atoms with E-state index in [-0.39, 0.29) is 17.3 Å². The van der Waals surface area contributed by atoms with Crippen LogP contribution in [0.5, 0.6) is 0 Å². The van der Waals surface area contributed by atoms with Crippen LogP contribution in [0.1, 0.15) is 10.4 Å². The summed E-state index contributed by atoms with van der Waals surface area (Å²) in [6, 6.07) is 11.5. The van der Waals surface area contributed by atoms with Crippen LogP contribution in [0.4, 0.5) is 34.4 Å². The van der Waals surface area contributed by atoms with E-state index in [1.54, 1.807) is 12.1 Å². The minimum Gasteiger partial charge on any atom is -0.465 e. The summed E-state index contributed by atoms with van der Waals surface area (Å²) in [7, 11) is 1.26. The number of nitrogens with one attached hydrogen (secondary N) is 3. The summed E-state index contributed by atoms with van der Waals surface area (Å²) in [6.07, 6.45) is 1.12. The molecule has 13 nitrogen and oxygen atoms in total. The fourth-order valence-electron chi connectivity index (χ4n) is 2.48. The Bertz CT molecular complexity index is 1120. The van der Waals surface area contributed by atoms with Gasteiger partial charge in [0, 0.05) is 17.8 Å². The third-order valence-corrected chi connectivity index (χ3v) is 3.98. The lowest BCUT2D eigenvalue weighted by molar-refractivity contribution is -0.384. The highest BCUT2D eigenvalue weighted by molar-refractivity contribution is 5.90. The molecule has 0 saturated carbocycles. The second kappa shape index (κ2) is 9.13. The summed E-state index contributed by atoms with van der Waals surface area (Å²) in [5.74, 6) is -0.728. The molecule has 3 aromatic rings. The van der Waals surface area contributed by atoms with Crippen molar-refractivity contribution in [2.24, 2.45) is 0 Å². The third-order valence-electron chi connectivity index (χ3n) is 3.98. The minimum absolute atomic E-state index is 0.0844. The molecular weight excluding hydrogens is 410 g/mol. The lowest BCUT2D eigenvalue weighted by Gasteiger charge is -2.11. The summed E-state index contributed by atoms with van der Waals surface area (Å²) in [5.41, 5.74) is 5.96. The molecule has 13 heteroatoms. The molecule has 0 radical (unpaired) electrons. The first-order valence-electron chi connectivity index (χ1n) is 8.60. The molecule has 31 heavy (non-hydrogen) atoms. The molecule has 0 fully saturated rings. The van der Waals surface area contributed by atoms with Crippen molar-refractivity contribution < 1.29 is 19.4 Å². The number of ether oxygens (including phenoxy) is 1.